The van der Waals surface area contributed by atoms with Gasteiger partial charge in [0.2, 0.25) is 17.7 Å². The largest absolute Gasteiger partial charge is 0.495 e. The van der Waals surface area contributed by atoms with Crippen LogP contribution in [0.1, 0.15) is 6.42 Å². The van der Waals surface area contributed by atoms with Gasteiger partial charge in [-0.3, -0.25) is 14.4 Å². The van der Waals surface area contributed by atoms with Gasteiger partial charge in [-0.1, -0.05) is 23.2 Å². The van der Waals surface area contributed by atoms with Gasteiger partial charge in [0, 0.05) is 28.7 Å². The van der Waals surface area contributed by atoms with Crippen LogP contribution in [-0.4, -0.2) is 37.9 Å². The predicted molar refractivity (Wildman–Crippen MR) is 112 cm³/mol. The molecule has 2 aromatic carbocycles. The van der Waals surface area contributed by atoms with E-state index in [1.54, 1.807) is 42.5 Å². The molecule has 1 saturated heterocycles. The van der Waals surface area contributed by atoms with Crippen molar-refractivity contribution in [3.8, 4) is 5.75 Å². The second-order valence-electron chi connectivity index (χ2n) is 6.49. The lowest BCUT2D eigenvalue weighted by Gasteiger charge is -2.19. The summed E-state index contributed by atoms with van der Waals surface area (Å²) in [4.78, 5) is 38.4. The third-order valence-corrected chi connectivity index (χ3v) is 4.97. The molecule has 0 aliphatic carbocycles. The second-order valence-corrected chi connectivity index (χ2v) is 7.37. The van der Waals surface area contributed by atoms with E-state index in [1.807, 2.05) is 0 Å². The van der Waals surface area contributed by atoms with Crippen molar-refractivity contribution < 1.29 is 19.1 Å². The second kappa shape index (κ2) is 9.15. The standard InChI is InChI=1S/C20H19Cl2N3O4/c1-29-17-7-4-14(22)9-16(17)25-11-12(8-19(25)27)20(28)23-10-18(26)24-15-5-2-13(21)3-6-15/h2-7,9,12H,8,10-11H2,1H3,(H,23,28)(H,24,26). The summed E-state index contributed by atoms with van der Waals surface area (Å²) in [5.41, 5.74) is 1.09. The van der Waals surface area contributed by atoms with Crippen molar-refractivity contribution in [2.45, 2.75) is 6.42 Å². The number of nitrogens with zero attached hydrogens (tertiary/aromatic N) is 1. The van der Waals surface area contributed by atoms with Gasteiger partial charge >= 0.3 is 0 Å². The third-order valence-electron chi connectivity index (χ3n) is 4.48. The molecule has 152 valence electrons. The van der Waals surface area contributed by atoms with Crippen molar-refractivity contribution in [3.05, 3.63) is 52.5 Å². The number of hydrogen-bond acceptors (Lipinski definition) is 4. The van der Waals surface area contributed by atoms with Crippen LogP contribution in [0.2, 0.25) is 10.0 Å². The molecule has 3 rings (SSSR count). The van der Waals surface area contributed by atoms with E-state index < -0.39 is 5.92 Å². The van der Waals surface area contributed by atoms with Gasteiger partial charge in [-0.15, -0.1) is 0 Å². The zero-order valence-corrected chi connectivity index (χ0v) is 17.1. The lowest BCUT2D eigenvalue weighted by atomic mass is 10.1. The molecule has 1 aliphatic rings. The van der Waals surface area contributed by atoms with E-state index in [1.165, 1.54) is 12.0 Å². The molecule has 2 aromatic rings. The Kier molecular flexibility index (Phi) is 6.61. The van der Waals surface area contributed by atoms with Gasteiger partial charge < -0.3 is 20.3 Å². The number of nitrogens with one attached hydrogen (secondary N) is 2. The molecule has 3 amide bonds. The van der Waals surface area contributed by atoms with Crippen LogP contribution in [0.5, 0.6) is 5.75 Å². The number of rotatable bonds is 6. The molecule has 1 fully saturated rings. The summed E-state index contributed by atoms with van der Waals surface area (Å²) in [6.45, 7) is -0.0210. The molecule has 1 atom stereocenters. The lowest BCUT2D eigenvalue weighted by molar-refractivity contribution is -0.127. The lowest BCUT2D eigenvalue weighted by Crippen LogP contribution is -2.37. The highest BCUT2D eigenvalue weighted by atomic mass is 35.5. The molecule has 29 heavy (non-hydrogen) atoms. The Labute approximate surface area is 177 Å². The molecule has 9 heteroatoms. The Balaban J connectivity index is 1.57. The van der Waals surface area contributed by atoms with Crippen molar-refractivity contribution >= 4 is 52.3 Å². The molecule has 7 nitrogen and oxygen atoms in total. The van der Waals surface area contributed by atoms with Gasteiger partial charge in [0.1, 0.15) is 5.75 Å². The minimum absolute atomic E-state index is 0.0420. The number of anilines is 2. The first-order chi connectivity index (χ1) is 13.9. The number of methoxy groups -OCH3 is 1. The summed E-state index contributed by atoms with van der Waals surface area (Å²) < 4.78 is 5.29. The number of carbonyl (C=O) groups excluding carboxylic acids is 3. The molecule has 2 N–H and O–H groups in total. The Morgan fingerprint density at radius 1 is 1.14 bits per heavy atom. The number of carbonyl (C=O) groups is 3. The van der Waals surface area contributed by atoms with Crippen molar-refractivity contribution in [1.29, 1.82) is 0 Å². The zero-order chi connectivity index (χ0) is 21.0. The van der Waals surface area contributed by atoms with Crippen LogP contribution < -0.4 is 20.3 Å². The first-order valence-electron chi connectivity index (χ1n) is 8.84. The van der Waals surface area contributed by atoms with Crippen LogP contribution in [0.15, 0.2) is 42.5 Å². The van der Waals surface area contributed by atoms with E-state index >= 15 is 0 Å². The molecule has 0 spiro atoms. The number of hydrogen-bond donors (Lipinski definition) is 2. The third kappa shape index (κ3) is 5.19. The van der Waals surface area contributed by atoms with E-state index in [9.17, 15) is 14.4 Å². The highest BCUT2D eigenvalue weighted by Gasteiger charge is 2.36. The molecule has 1 heterocycles. The number of benzene rings is 2. The molecule has 0 aromatic heterocycles. The predicted octanol–water partition coefficient (Wildman–Crippen LogP) is 3.11. The topological polar surface area (TPSA) is 87.7 Å². The smallest absolute Gasteiger partial charge is 0.243 e. The zero-order valence-electron chi connectivity index (χ0n) is 15.6. The summed E-state index contributed by atoms with van der Waals surface area (Å²) >= 11 is 11.8. The molecule has 0 bridgehead atoms. The minimum atomic E-state index is -0.575. The van der Waals surface area contributed by atoms with Crippen molar-refractivity contribution in [1.82, 2.24) is 5.32 Å². The van der Waals surface area contributed by atoms with Crippen molar-refractivity contribution in [3.63, 3.8) is 0 Å². The molecular formula is C20H19Cl2N3O4. The Morgan fingerprint density at radius 3 is 2.52 bits per heavy atom. The Bertz CT molecular complexity index is 934. The summed E-state index contributed by atoms with van der Waals surface area (Å²) in [5.74, 6) is -1.04. The van der Waals surface area contributed by atoms with E-state index in [0.29, 0.717) is 27.2 Å². The number of ether oxygens (including phenoxy) is 1. The van der Waals surface area contributed by atoms with Crippen LogP contribution in [-0.2, 0) is 14.4 Å². The fourth-order valence-electron chi connectivity index (χ4n) is 3.04. The number of amides is 3. The number of halogens is 2. The quantitative estimate of drug-likeness (QED) is 0.729. The van der Waals surface area contributed by atoms with Crippen LogP contribution in [0.3, 0.4) is 0 Å². The normalized spacial score (nSPS) is 15.9. The molecular weight excluding hydrogens is 417 g/mol. The monoisotopic (exact) mass is 435 g/mol. The molecule has 0 saturated carbocycles. The molecule has 1 aliphatic heterocycles. The van der Waals surface area contributed by atoms with Crippen LogP contribution >= 0.6 is 23.2 Å². The van der Waals surface area contributed by atoms with Crippen LogP contribution in [0.25, 0.3) is 0 Å². The maximum atomic E-state index is 12.4. The van der Waals surface area contributed by atoms with Crippen molar-refractivity contribution in [2.24, 2.45) is 5.92 Å². The van der Waals surface area contributed by atoms with E-state index in [4.69, 9.17) is 27.9 Å². The first kappa shape index (κ1) is 21.0. The van der Waals surface area contributed by atoms with Crippen LogP contribution in [0, 0.1) is 5.92 Å². The fourth-order valence-corrected chi connectivity index (χ4v) is 3.33. The van der Waals surface area contributed by atoms with Crippen molar-refractivity contribution in [2.75, 3.05) is 30.4 Å². The van der Waals surface area contributed by atoms with Gasteiger partial charge in [0.15, 0.2) is 0 Å². The highest BCUT2D eigenvalue weighted by molar-refractivity contribution is 6.31. The summed E-state index contributed by atoms with van der Waals surface area (Å²) in [5, 5.41) is 6.25. The van der Waals surface area contributed by atoms with Gasteiger partial charge in [-0.05, 0) is 42.5 Å². The van der Waals surface area contributed by atoms with Gasteiger partial charge in [0.05, 0.1) is 25.3 Å². The Morgan fingerprint density at radius 2 is 1.83 bits per heavy atom. The van der Waals surface area contributed by atoms with E-state index in [2.05, 4.69) is 10.6 Å². The summed E-state index contributed by atoms with van der Waals surface area (Å²) in [6.07, 6.45) is 0.0420. The van der Waals surface area contributed by atoms with Gasteiger partial charge in [-0.25, -0.2) is 0 Å². The minimum Gasteiger partial charge on any atom is -0.495 e. The average Bonchev–Trinajstić information content (AvgIpc) is 3.09. The maximum Gasteiger partial charge on any atom is 0.243 e. The summed E-state index contributed by atoms with van der Waals surface area (Å²) in [7, 11) is 1.50. The van der Waals surface area contributed by atoms with Gasteiger partial charge in [0.25, 0.3) is 0 Å². The molecule has 0 radical (unpaired) electrons. The average molecular weight is 436 g/mol. The van der Waals surface area contributed by atoms with E-state index in [-0.39, 0.29) is 37.2 Å². The van der Waals surface area contributed by atoms with Crippen LogP contribution in [0.4, 0.5) is 11.4 Å². The van der Waals surface area contributed by atoms with Gasteiger partial charge in [-0.2, -0.15) is 0 Å². The summed E-state index contributed by atoms with van der Waals surface area (Å²) in [6, 6.07) is 11.6. The molecule has 1 unspecified atom stereocenters. The fraction of sp³-hybridized carbons (Fsp3) is 0.250. The SMILES string of the molecule is COc1ccc(Cl)cc1N1CC(C(=O)NCC(=O)Nc2ccc(Cl)cc2)CC1=O. The first-order valence-corrected chi connectivity index (χ1v) is 9.60. The Hall–Kier alpha value is -2.77. The maximum absolute atomic E-state index is 12.4. The highest BCUT2D eigenvalue weighted by Crippen LogP contribution is 2.35. The van der Waals surface area contributed by atoms with E-state index in [0.717, 1.165) is 0 Å².